The maximum atomic E-state index is 13.7. The SMILES string of the molecule is CSN(C)c1ncccc1CNc1nc(Nc2ccc(C(=O)NC[C@H]3CCCO3)cc2)ncc1C(F)(F)F. The van der Waals surface area contributed by atoms with Crippen molar-refractivity contribution in [3.05, 3.63) is 65.5 Å². The van der Waals surface area contributed by atoms with Gasteiger partial charge in [0.1, 0.15) is 17.2 Å². The molecule has 0 unspecified atom stereocenters. The molecule has 1 fully saturated rings. The molecule has 0 saturated carbocycles. The van der Waals surface area contributed by atoms with E-state index in [1.807, 2.05) is 17.6 Å². The molecule has 0 radical (unpaired) electrons. The minimum Gasteiger partial charge on any atom is -0.376 e. The van der Waals surface area contributed by atoms with E-state index in [0.29, 0.717) is 35.8 Å². The Morgan fingerprint density at radius 3 is 2.68 bits per heavy atom. The molecule has 38 heavy (non-hydrogen) atoms. The van der Waals surface area contributed by atoms with Crippen LogP contribution < -0.4 is 20.3 Å². The molecule has 3 heterocycles. The Bertz CT molecular complexity index is 1240. The first-order chi connectivity index (χ1) is 18.2. The summed E-state index contributed by atoms with van der Waals surface area (Å²) in [5, 5.41) is 8.54. The van der Waals surface area contributed by atoms with Gasteiger partial charge in [0.05, 0.1) is 6.10 Å². The molecule has 3 N–H and O–H groups in total. The molecule has 2 aromatic heterocycles. The number of amides is 1. The van der Waals surface area contributed by atoms with Crippen LogP contribution in [0.3, 0.4) is 0 Å². The predicted octanol–water partition coefficient (Wildman–Crippen LogP) is 4.87. The molecule has 4 rings (SSSR count). The van der Waals surface area contributed by atoms with Crippen LogP contribution in [-0.2, 0) is 17.5 Å². The molecule has 3 aromatic rings. The van der Waals surface area contributed by atoms with Crippen molar-refractivity contribution in [2.75, 3.05) is 41.4 Å². The second-order valence-electron chi connectivity index (χ2n) is 8.52. The highest BCUT2D eigenvalue weighted by Gasteiger charge is 2.35. The number of hydrogen-bond acceptors (Lipinski definition) is 9. The van der Waals surface area contributed by atoms with E-state index in [1.165, 1.54) is 11.9 Å². The van der Waals surface area contributed by atoms with E-state index in [2.05, 4.69) is 30.9 Å². The maximum Gasteiger partial charge on any atom is 0.421 e. The molecule has 1 aliphatic heterocycles. The van der Waals surface area contributed by atoms with Gasteiger partial charge in [0.2, 0.25) is 5.95 Å². The van der Waals surface area contributed by atoms with Gasteiger partial charge in [-0.25, -0.2) is 9.97 Å². The summed E-state index contributed by atoms with van der Waals surface area (Å²) in [5.41, 5.74) is 0.693. The van der Waals surface area contributed by atoms with Gasteiger partial charge in [0.25, 0.3) is 5.91 Å². The minimum atomic E-state index is -4.65. The van der Waals surface area contributed by atoms with E-state index >= 15 is 0 Å². The Morgan fingerprint density at radius 1 is 1.21 bits per heavy atom. The van der Waals surface area contributed by atoms with Crippen LogP contribution in [0.25, 0.3) is 0 Å². The summed E-state index contributed by atoms with van der Waals surface area (Å²) >= 11 is 1.43. The lowest BCUT2D eigenvalue weighted by Gasteiger charge is -2.19. The number of anilines is 4. The normalized spacial score (nSPS) is 15.2. The number of halogens is 3. The summed E-state index contributed by atoms with van der Waals surface area (Å²) in [6, 6.07) is 10.0. The van der Waals surface area contributed by atoms with Crippen LogP contribution in [0, 0.1) is 0 Å². The third-order valence-electron chi connectivity index (χ3n) is 5.90. The molecule has 1 saturated heterocycles. The molecule has 9 nitrogen and oxygen atoms in total. The minimum absolute atomic E-state index is 0.0243. The first-order valence-electron chi connectivity index (χ1n) is 11.9. The number of carbonyl (C=O) groups excluding carboxylic acids is 1. The van der Waals surface area contributed by atoms with E-state index in [4.69, 9.17) is 4.74 Å². The Morgan fingerprint density at radius 2 is 2.00 bits per heavy atom. The number of benzene rings is 1. The van der Waals surface area contributed by atoms with Gasteiger partial charge in [-0.3, -0.25) is 4.79 Å². The van der Waals surface area contributed by atoms with E-state index in [1.54, 1.807) is 42.6 Å². The van der Waals surface area contributed by atoms with Crippen LogP contribution in [0.2, 0.25) is 0 Å². The van der Waals surface area contributed by atoms with Crippen LogP contribution in [0.1, 0.15) is 34.3 Å². The maximum absolute atomic E-state index is 13.7. The highest BCUT2D eigenvalue weighted by Crippen LogP contribution is 2.34. The molecule has 1 amide bonds. The Kier molecular flexibility index (Phi) is 8.89. The standard InChI is InChI=1S/C25H28F3N7O2S/c1-35(38-2)22-17(5-3-11-29-22)13-30-21-20(25(26,27)28)15-32-24(34-21)33-18-9-7-16(8-10-18)23(36)31-14-19-6-4-12-37-19/h3,5,7-11,15,19H,4,6,12-14H2,1-2H3,(H,31,36)(H2,30,32,33,34)/t19-/m1/s1. The quantitative estimate of drug-likeness (QED) is 0.307. The number of rotatable bonds is 10. The molecule has 0 spiro atoms. The van der Waals surface area contributed by atoms with Gasteiger partial charge in [0.15, 0.2) is 0 Å². The fourth-order valence-electron chi connectivity index (χ4n) is 3.85. The number of pyridine rings is 1. The van der Waals surface area contributed by atoms with Crippen molar-refractivity contribution in [1.82, 2.24) is 20.3 Å². The van der Waals surface area contributed by atoms with Crippen LogP contribution in [0.15, 0.2) is 48.8 Å². The first-order valence-corrected chi connectivity index (χ1v) is 13.1. The van der Waals surface area contributed by atoms with Gasteiger partial charge in [0, 0.05) is 62.2 Å². The topological polar surface area (TPSA) is 104 Å². The van der Waals surface area contributed by atoms with Crippen LogP contribution in [0.5, 0.6) is 0 Å². The smallest absolute Gasteiger partial charge is 0.376 e. The number of aromatic nitrogens is 3. The number of alkyl halides is 3. The lowest BCUT2D eigenvalue weighted by molar-refractivity contribution is -0.137. The van der Waals surface area contributed by atoms with Crippen LogP contribution in [0.4, 0.5) is 36.4 Å². The number of ether oxygens (including phenoxy) is 1. The summed E-state index contributed by atoms with van der Waals surface area (Å²) < 4.78 is 48.3. The van der Waals surface area contributed by atoms with E-state index in [0.717, 1.165) is 19.0 Å². The average molecular weight is 548 g/mol. The molecule has 1 aromatic carbocycles. The second-order valence-corrected chi connectivity index (χ2v) is 9.43. The monoisotopic (exact) mass is 547 g/mol. The van der Waals surface area contributed by atoms with E-state index < -0.39 is 11.7 Å². The number of nitrogens with one attached hydrogen (secondary N) is 3. The van der Waals surface area contributed by atoms with Gasteiger partial charge in [-0.15, -0.1) is 0 Å². The zero-order valence-corrected chi connectivity index (χ0v) is 21.7. The van der Waals surface area contributed by atoms with Crippen molar-refractivity contribution in [2.24, 2.45) is 0 Å². The zero-order chi connectivity index (χ0) is 27.1. The summed E-state index contributed by atoms with van der Waals surface area (Å²) in [6.07, 6.45) is 1.54. The third-order valence-corrected chi connectivity index (χ3v) is 6.62. The van der Waals surface area contributed by atoms with Gasteiger partial charge < -0.3 is 25.0 Å². The van der Waals surface area contributed by atoms with Crippen molar-refractivity contribution in [3.8, 4) is 0 Å². The van der Waals surface area contributed by atoms with Crippen molar-refractivity contribution in [3.63, 3.8) is 0 Å². The molecule has 1 atom stereocenters. The summed E-state index contributed by atoms with van der Waals surface area (Å²) in [5.74, 6) is 0.0185. The van der Waals surface area contributed by atoms with Gasteiger partial charge in [-0.05, 0) is 43.2 Å². The van der Waals surface area contributed by atoms with E-state index in [9.17, 15) is 18.0 Å². The largest absolute Gasteiger partial charge is 0.421 e. The molecule has 13 heteroatoms. The molecule has 0 bridgehead atoms. The van der Waals surface area contributed by atoms with E-state index in [-0.39, 0.29) is 30.3 Å². The predicted molar refractivity (Wildman–Crippen MR) is 142 cm³/mol. The number of carbonyl (C=O) groups is 1. The molecule has 0 aliphatic carbocycles. The summed E-state index contributed by atoms with van der Waals surface area (Å²) in [7, 11) is 1.82. The Labute approximate surface area is 222 Å². The molecular weight excluding hydrogens is 519 g/mol. The van der Waals surface area contributed by atoms with Crippen molar-refractivity contribution >= 4 is 41.1 Å². The second kappa shape index (κ2) is 12.3. The molecular formula is C25H28F3N7O2S. The molecule has 1 aliphatic rings. The molecule has 202 valence electrons. The lowest BCUT2D eigenvalue weighted by atomic mass is 10.2. The van der Waals surface area contributed by atoms with Crippen molar-refractivity contribution in [2.45, 2.75) is 31.7 Å². The Hall–Kier alpha value is -3.58. The number of nitrogens with zero attached hydrogens (tertiary/aromatic N) is 4. The van der Waals surface area contributed by atoms with Crippen molar-refractivity contribution in [1.29, 1.82) is 0 Å². The van der Waals surface area contributed by atoms with Gasteiger partial charge in [-0.2, -0.15) is 18.2 Å². The summed E-state index contributed by atoms with van der Waals surface area (Å²) in [4.78, 5) is 24.6. The lowest BCUT2D eigenvalue weighted by Crippen LogP contribution is -2.31. The van der Waals surface area contributed by atoms with Gasteiger partial charge in [-0.1, -0.05) is 18.0 Å². The average Bonchev–Trinajstić information content (AvgIpc) is 3.44. The Balaban J connectivity index is 1.46. The zero-order valence-electron chi connectivity index (χ0n) is 20.9. The fourth-order valence-corrected chi connectivity index (χ4v) is 4.19. The highest BCUT2D eigenvalue weighted by molar-refractivity contribution is 7.99. The van der Waals surface area contributed by atoms with Crippen LogP contribution >= 0.6 is 11.9 Å². The summed E-state index contributed by atoms with van der Waals surface area (Å²) in [6.45, 7) is 1.23. The van der Waals surface area contributed by atoms with Gasteiger partial charge >= 0.3 is 6.18 Å². The first kappa shape index (κ1) is 27.5. The third kappa shape index (κ3) is 7.04. The van der Waals surface area contributed by atoms with Crippen molar-refractivity contribution < 1.29 is 22.7 Å². The highest BCUT2D eigenvalue weighted by atomic mass is 32.2. The number of hydrogen-bond donors (Lipinski definition) is 3. The van der Waals surface area contributed by atoms with Crippen LogP contribution in [-0.4, -0.2) is 53.4 Å². The fraction of sp³-hybridized carbons (Fsp3) is 0.360.